The fourth-order valence-corrected chi connectivity index (χ4v) is 2.04. The molecule has 0 fully saturated rings. The molecule has 114 valence electrons. The minimum atomic E-state index is -1.16. The molecule has 1 N–H and O–H groups in total. The minimum absolute atomic E-state index is 0.214. The van der Waals surface area contributed by atoms with Crippen LogP contribution in [0.2, 0.25) is 0 Å². The van der Waals surface area contributed by atoms with Crippen LogP contribution in [0.1, 0.15) is 24.2 Å². The van der Waals surface area contributed by atoms with Gasteiger partial charge in [0.05, 0.1) is 7.11 Å². The standard InChI is InChI=1S/C18H19NO3/c1-18(2,16(20)13-8-5-4-6-9-13)17(21)19-14-10-7-11-15(12-14)22-3/h4-12H,1-3H3,(H,19,21). The van der Waals surface area contributed by atoms with Crippen LogP contribution >= 0.6 is 0 Å². The maximum atomic E-state index is 12.5. The van der Waals surface area contributed by atoms with Gasteiger partial charge in [0.25, 0.3) is 0 Å². The van der Waals surface area contributed by atoms with Crippen molar-refractivity contribution in [1.82, 2.24) is 0 Å². The largest absolute Gasteiger partial charge is 0.497 e. The summed E-state index contributed by atoms with van der Waals surface area (Å²) in [5.74, 6) is 0.0769. The molecule has 4 heteroatoms. The number of nitrogens with one attached hydrogen (secondary N) is 1. The zero-order valence-corrected chi connectivity index (χ0v) is 12.9. The third-order valence-corrected chi connectivity index (χ3v) is 3.50. The quantitative estimate of drug-likeness (QED) is 0.678. The fraction of sp³-hybridized carbons (Fsp3) is 0.222. The molecule has 0 atom stereocenters. The molecular weight excluding hydrogens is 278 g/mol. The van der Waals surface area contributed by atoms with E-state index in [1.54, 1.807) is 69.5 Å². The second kappa shape index (κ2) is 6.43. The van der Waals surface area contributed by atoms with Gasteiger partial charge in [-0.3, -0.25) is 9.59 Å². The Morgan fingerprint density at radius 1 is 1.00 bits per heavy atom. The lowest BCUT2D eigenvalue weighted by Gasteiger charge is -2.22. The van der Waals surface area contributed by atoms with Crippen molar-refractivity contribution in [1.29, 1.82) is 0 Å². The van der Waals surface area contributed by atoms with Crippen LogP contribution in [0, 0.1) is 5.41 Å². The molecule has 0 heterocycles. The first-order valence-corrected chi connectivity index (χ1v) is 7.00. The van der Waals surface area contributed by atoms with Crippen molar-refractivity contribution in [2.75, 3.05) is 12.4 Å². The van der Waals surface area contributed by atoms with E-state index in [0.717, 1.165) is 0 Å². The summed E-state index contributed by atoms with van der Waals surface area (Å²) in [6.45, 7) is 3.25. The third-order valence-electron chi connectivity index (χ3n) is 3.50. The number of amides is 1. The predicted octanol–water partition coefficient (Wildman–Crippen LogP) is 3.54. The first-order chi connectivity index (χ1) is 10.4. The molecule has 0 unspecified atom stereocenters. The molecule has 0 radical (unpaired) electrons. The number of methoxy groups -OCH3 is 1. The molecule has 0 saturated carbocycles. The van der Waals surface area contributed by atoms with Gasteiger partial charge in [0.1, 0.15) is 11.2 Å². The lowest BCUT2D eigenvalue weighted by Crippen LogP contribution is -2.38. The molecule has 0 bridgehead atoms. The molecule has 0 aliphatic rings. The highest BCUT2D eigenvalue weighted by molar-refractivity contribution is 6.16. The Morgan fingerprint density at radius 3 is 2.32 bits per heavy atom. The average molecular weight is 297 g/mol. The molecule has 2 aromatic rings. The van der Waals surface area contributed by atoms with E-state index >= 15 is 0 Å². The maximum Gasteiger partial charge on any atom is 0.237 e. The van der Waals surface area contributed by atoms with Crippen LogP contribution in [0.25, 0.3) is 0 Å². The van der Waals surface area contributed by atoms with Gasteiger partial charge in [0.15, 0.2) is 5.78 Å². The number of hydrogen-bond acceptors (Lipinski definition) is 3. The van der Waals surface area contributed by atoms with E-state index in [9.17, 15) is 9.59 Å². The first-order valence-electron chi connectivity index (χ1n) is 7.00. The summed E-state index contributed by atoms with van der Waals surface area (Å²) in [4.78, 5) is 25.0. The Kier molecular flexibility index (Phi) is 4.61. The van der Waals surface area contributed by atoms with Gasteiger partial charge in [-0.2, -0.15) is 0 Å². The van der Waals surface area contributed by atoms with Crippen LogP contribution in [0.5, 0.6) is 5.75 Å². The van der Waals surface area contributed by atoms with Crippen LogP contribution < -0.4 is 10.1 Å². The Bertz CT molecular complexity index is 678. The van der Waals surface area contributed by atoms with E-state index in [0.29, 0.717) is 17.0 Å². The number of anilines is 1. The van der Waals surface area contributed by atoms with E-state index in [2.05, 4.69) is 5.32 Å². The summed E-state index contributed by atoms with van der Waals surface area (Å²) in [6.07, 6.45) is 0. The molecule has 0 aromatic heterocycles. The van der Waals surface area contributed by atoms with E-state index in [4.69, 9.17) is 4.74 Å². The monoisotopic (exact) mass is 297 g/mol. The molecule has 1 amide bonds. The minimum Gasteiger partial charge on any atom is -0.497 e. The lowest BCUT2D eigenvalue weighted by molar-refractivity contribution is -0.121. The van der Waals surface area contributed by atoms with Crippen molar-refractivity contribution < 1.29 is 14.3 Å². The van der Waals surface area contributed by atoms with Gasteiger partial charge in [-0.05, 0) is 26.0 Å². The number of hydrogen-bond donors (Lipinski definition) is 1. The molecule has 0 aliphatic carbocycles. The molecule has 0 saturated heterocycles. The predicted molar refractivity (Wildman–Crippen MR) is 86.2 cm³/mol. The molecule has 2 rings (SSSR count). The van der Waals surface area contributed by atoms with Crippen molar-refractivity contribution in [3.8, 4) is 5.75 Å². The van der Waals surface area contributed by atoms with Crippen LogP contribution in [-0.2, 0) is 4.79 Å². The smallest absolute Gasteiger partial charge is 0.237 e. The van der Waals surface area contributed by atoms with E-state index in [-0.39, 0.29) is 11.7 Å². The average Bonchev–Trinajstić information content (AvgIpc) is 2.55. The summed E-state index contributed by atoms with van der Waals surface area (Å²) in [7, 11) is 1.56. The van der Waals surface area contributed by atoms with Gasteiger partial charge in [0, 0.05) is 17.3 Å². The van der Waals surface area contributed by atoms with Crippen molar-refractivity contribution in [3.63, 3.8) is 0 Å². The number of Topliss-reactive ketones (excluding diaryl/α,β-unsaturated/α-hetero) is 1. The van der Waals surface area contributed by atoms with Gasteiger partial charge in [-0.25, -0.2) is 0 Å². The second-order valence-electron chi connectivity index (χ2n) is 5.51. The molecule has 4 nitrogen and oxygen atoms in total. The van der Waals surface area contributed by atoms with E-state index < -0.39 is 5.41 Å². The number of carbonyl (C=O) groups is 2. The van der Waals surface area contributed by atoms with Gasteiger partial charge in [-0.15, -0.1) is 0 Å². The van der Waals surface area contributed by atoms with Crippen molar-refractivity contribution in [2.24, 2.45) is 5.41 Å². The Balaban J connectivity index is 2.18. The number of benzene rings is 2. The summed E-state index contributed by atoms with van der Waals surface area (Å²) in [5.41, 5.74) is -0.0451. The normalized spacial score (nSPS) is 10.9. The van der Waals surface area contributed by atoms with Crippen molar-refractivity contribution >= 4 is 17.4 Å². The van der Waals surface area contributed by atoms with Gasteiger partial charge >= 0.3 is 0 Å². The highest BCUT2D eigenvalue weighted by atomic mass is 16.5. The number of carbonyl (C=O) groups excluding carboxylic acids is 2. The highest BCUT2D eigenvalue weighted by Crippen LogP contribution is 2.25. The zero-order valence-electron chi connectivity index (χ0n) is 12.9. The Hall–Kier alpha value is -2.62. The molecule has 2 aromatic carbocycles. The molecule has 22 heavy (non-hydrogen) atoms. The van der Waals surface area contributed by atoms with Crippen LogP contribution in [0.4, 0.5) is 5.69 Å². The van der Waals surface area contributed by atoms with E-state index in [1.807, 2.05) is 6.07 Å². The summed E-state index contributed by atoms with van der Waals surface area (Å²) in [5, 5.41) is 2.77. The zero-order chi connectivity index (χ0) is 16.2. The molecular formula is C18H19NO3. The van der Waals surface area contributed by atoms with Crippen molar-refractivity contribution in [2.45, 2.75) is 13.8 Å². The molecule has 0 aliphatic heterocycles. The number of rotatable bonds is 5. The summed E-state index contributed by atoms with van der Waals surface area (Å²) < 4.78 is 5.12. The molecule has 0 spiro atoms. The highest BCUT2D eigenvalue weighted by Gasteiger charge is 2.36. The van der Waals surface area contributed by atoms with Crippen molar-refractivity contribution in [3.05, 3.63) is 60.2 Å². The van der Waals surface area contributed by atoms with Crippen LogP contribution in [0.3, 0.4) is 0 Å². The maximum absolute atomic E-state index is 12.5. The lowest BCUT2D eigenvalue weighted by atomic mass is 9.83. The SMILES string of the molecule is COc1cccc(NC(=O)C(C)(C)C(=O)c2ccccc2)c1. The summed E-state index contributed by atoms with van der Waals surface area (Å²) >= 11 is 0. The third kappa shape index (κ3) is 3.34. The van der Waals surface area contributed by atoms with Crippen LogP contribution in [0.15, 0.2) is 54.6 Å². The summed E-state index contributed by atoms with van der Waals surface area (Å²) in [6, 6.07) is 15.8. The Morgan fingerprint density at radius 2 is 1.68 bits per heavy atom. The van der Waals surface area contributed by atoms with Gasteiger partial charge in [-0.1, -0.05) is 36.4 Å². The number of ketones is 1. The van der Waals surface area contributed by atoms with E-state index in [1.165, 1.54) is 0 Å². The number of ether oxygens (including phenoxy) is 1. The second-order valence-corrected chi connectivity index (χ2v) is 5.51. The van der Waals surface area contributed by atoms with Gasteiger partial charge in [0.2, 0.25) is 5.91 Å². The topological polar surface area (TPSA) is 55.4 Å². The van der Waals surface area contributed by atoms with Crippen LogP contribution in [-0.4, -0.2) is 18.8 Å². The first kappa shape index (κ1) is 15.8. The Labute approximate surface area is 130 Å². The van der Waals surface area contributed by atoms with Gasteiger partial charge < -0.3 is 10.1 Å². The fourth-order valence-electron chi connectivity index (χ4n) is 2.04.